The summed E-state index contributed by atoms with van der Waals surface area (Å²) in [4.78, 5) is 0. The molecule has 0 aliphatic rings. The number of ether oxygens (including phenoxy) is 4. The van der Waals surface area contributed by atoms with E-state index < -0.39 is 0 Å². The van der Waals surface area contributed by atoms with Crippen molar-refractivity contribution in [3.05, 3.63) is 82.4 Å². The lowest BCUT2D eigenvalue weighted by molar-refractivity contribution is 0.284. The van der Waals surface area contributed by atoms with Gasteiger partial charge in [-0.2, -0.15) is 0 Å². The van der Waals surface area contributed by atoms with Gasteiger partial charge in [-0.25, -0.2) is 0 Å². The Hall–Kier alpha value is -2.89. The Balaban J connectivity index is 1.51. The average Bonchev–Trinajstić information content (AvgIpc) is 2.80. The maximum absolute atomic E-state index is 6.04. The summed E-state index contributed by atoms with van der Waals surface area (Å²) in [5.41, 5.74) is 3.32. The highest BCUT2D eigenvalue weighted by atomic mass is 35.5. The van der Waals surface area contributed by atoms with Crippen LogP contribution in [0.1, 0.15) is 16.7 Å². The highest BCUT2D eigenvalue weighted by Gasteiger charge is 2.08. The summed E-state index contributed by atoms with van der Waals surface area (Å²) in [7, 11) is 4.94. The minimum Gasteiger partial charge on any atom is -0.493 e. The first-order chi connectivity index (χ1) is 15.1. The molecule has 3 aromatic rings. The van der Waals surface area contributed by atoms with E-state index in [4.69, 9.17) is 30.5 Å². The molecule has 0 unspecified atom stereocenters. The first-order valence-electron chi connectivity index (χ1n) is 10.1. The minimum absolute atomic E-state index is 0.430. The fraction of sp³-hybridized carbons (Fsp3) is 0.280. The normalized spacial score (nSPS) is 10.6. The van der Waals surface area contributed by atoms with Gasteiger partial charge in [0.05, 0.1) is 21.3 Å². The Kier molecular flexibility index (Phi) is 8.44. The second-order valence-corrected chi connectivity index (χ2v) is 7.46. The van der Waals surface area contributed by atoms with Gasteiger partial charge in [0, 0.05) is 11.6 Å². The third-order valence-electron chi connectivity index (χ3n) is 4.88. The van der Waals surface area contributed by atoms with Crippen molar-refractivity contribution in [2.75, 3.05) is 27.9 Å². The highest BCUT2D eigenvalue weighted by Crippen LogP contribution is 2.29. The van der Waals surface area contributed by atoms with Gasteiger partial charge < -0.3 is 24.3 Å². The smallest absolute Gasteiger partial charge is 0.161 e. The predicted molar refractivity (Wildman–Crippen MR) is 124 cm³/mol. The second-order valence-electron chi connectivity index (χ2n) is 7.02. The topological polar surface area (TPSA) is 49.0 Å². The highest BCUT2D eigenvalue weighted by molar-refractivity contribution is 6.30. The SMILES string of the molecule is COc1ccc(CCNCc2ccc(OCc3cccc(Cl)c3)c(OC)c2)cc1OC. The summed E-state index contributed by atoms with van der Waals surface area (Å²) in [6.07, 6.45) is 0.887. The van der Waals surface area contributed by atoms with Crippen LogP contribution in [0.4, 0.5) is 0 Å². The number of nitrogens with one attached hydrogen (secondary N) is 1. The molecule has 3 aromatic carbocycles. The summed E-state index contributed by atoms with van der Waals surface area (Å²) < 4.78 is 22.1. The van der Waals surface area contributed by atoms with Crippen molar-refractivity contribution in [3.8, 4) is 23.0 Å². The van der Waals surface area contributed by atoms with E-state index in [9.17, 15) is 0 Å². The van der Waals surface area contributed by atoms with E-state index in [-0.39, 0.29) is 0 Å². The zero-order valence-corrected chi connectivity index (χ0v) is 18.9. The maximum atomic E-state index is 6.04. The quantitative estimate of drug-likeness (QED) is 0.410. The van der Waals surface area contributed by atoms with Crippen LogP contribution >= 0.6 is 11.6 Å². The van der Waals surface area contributed by atoms with Gasteiger partial charge in [-0.1, -0.05) is 35.9 Å². The summed E-state index contributed by atoms with van der Waals surface area (Å²) >= 11 is 6.04. The lowest BCUT2D eigenvalue weighted by Crippen LogP contribution is -2.16. The lowest BCUT2D eigenvalue weighted by Gasteiger charge is -2.13. The molecule has 0 aromatic heterocycles. The van der Waals surface area contributed by atoms with Gasteiger partial charge in [-0.15, -0.1) is 0 Å². The Bertz CT molecular complexity index is 993. The first-order valence-corrected chi connectivity index (χ1v) is 10.5. The molecule has 3 rings (SSSR count). The summed E-state index contributed by atoms with van der Waals surface area (Å²) in [6.45, 7) is 2.00. The molecule has 0 bridgehead atoms. The zero-order chi connectivity index (χ0) is 22.1. The van der Waals surface area contributed by atoms with Gasteiger partial charge in [0.25, 0.3) is 0 Å². The molecule has 0 amide bonds. The van der Waals surface area contributed by atoms with Gasteiger partial charge in [0.2, 0.25) is 0 Å². The number of hydrogen-bond acceptors (Lipinski definition) is 5. The van der Waals surface area contributed by atoms with E-state index in [1.165, 1.54) is 5.56 Å². The molecule has 0 saturated carbocycles. The van der Waals surface area contributed by atoms with Crippen molar-refractivity contribution < 1.29 is 18.9 Å². The Morgan fingerprint density at radius 2 is 1.39 bits per heavy atom. The van der Waals surface area contributed by atoms with Crippen molar-refractivity contribution in [1.82, 2.24) is 5.32 Å². The zero-order valence-electron chi connectivity index (χ0n) is 18.1. The third-order valence-corrected chi connectivity index (χ3v) is 5.11. The van der Waals surface area contributed by atoms with Gasteiger partial charge >= 0.3 is 0 Å². The molecule has 0 saturated heterocycles. The third kappa shape index (κ3) is 6.54. The molecular formula is C25H28ClNO4. The van der Waals surface area contributed by atoms with Gasteiger partial charge in [0.15, 0.2) is 23.0 Å². The number of benzene rings is 3. The molecule has 0 aliphatic carbocycles. The Morgan fingerprint density at radius 3 is 2.13 bits per heavy atom. The van der Waals surface area contributed by atoms with Crippen LogP contribution in [-0.4, -0.2) is 27.9 Å². The van der Waals surface area contributed by atoms with E-state index in [0.29, 0.717) is 23.1 Å². The lowest BCUT2D eigenvalue weighted by atomic mass is 10.1. The minimum atomic E-state index is 0.430. The molecular weight excluding hydrogens is 414 g/mol. The number of hydrogen-bond donors (Lipinski definition) is 1. The van der Waals surface area contributed by atoms with Crippen LogP contribution in [0.15, 0.2) is 60.7 Å². The van der Waals surface area contributed by atoms with Gasteiger partial charge in [-0.05, 0) is 66.1 Å². The molecule has 0 fully saturated rings. The van der Waals surface area contributed by atoms with Crippen LogP contribution in [0.3, 0.4) is 0 Å². The molecule has 0 radical (unpaired) electrons. The largest absolute Gasteiger partial charge is 0.493 e. The average molecular weight is 442 g/mol. The van der Waals surface area contributed by atoms with Crippen LogP contribution in [-0.2, 0) is 19.6 Å². The number of halogens is 1. The van der Waals surface area contributed by atoms with E-state index in [2.05, 4.69) is 11.4 Å². The fourth-order valence-corrected chi connectivity index (χ4v) is 3.44. The van der Waals surface area contributed by atoms with E-state index >= 15 is 0 Å². The molecule has 5 nitrogen and oxygen atoms in total. The Morgan fingerprint density at radius 1 is 0.710 bits per heavy atom. The monoisotopic (exact) mass is 441 g/mol. The summed E-state index contributed by atoms with van der Waals surface area (Å²) in [6, 6.07) is 19.6. The van der Waals surface area contributed by atoms with Crippen molar-refractivity contribution in [1.29, 1.82) is 0 Å². The van der Waals surface area contributed by atoms with Crippen LogP contribution in [0, 0.1) is 0 Å². The number of methoxy groups -OCH3 is 3. The molecule has 6 heteroatoms. The summed E-state index contributed by atoms with van der Waals surface area (Å²) in [5.74, 6) is 2.90. The molecule has 164 valence electrons. The van der Waals surface area contributed by atoms with Crippen LogP contribution in [0.2, 0.25) is 5.02 Å². The van der Waals surface area contributed by atoms with Gasteiger partial charge in [0.1, 0.15) is 6.61 Å². The van der Waals surface area contributed by atoms with E-state index in [1.807, 2.05) is 54.6 Å². The van der Waals surface area contributed by atoms with E-state index in [0.717, 1.165) is 42.1 Å². The molecule has 0 heterocycles. The second kappa shape index (κ2) is 11.5. The summed E-state index contributed by atoms with van der Waals surface area (Å²) in [5, 5.41) is 4.16. The van der Waals surface area contributed by atoms with Crippen molar-refractivity contribution in [2.45, 2.75) is 19.6 Å². The first kappa shape index (κ1) is 22.8. The molecule has 0 spiro atoms. The number of rotatable bonds is 11. The molecule has 0 atom stereocenters. The fourth-order valence-electron chi connectivity index (χ4n) is 3.23. The van der Waals surface area contributed by atoms with E-state index in [1.54, 1.807) is 21.3 Å². The molecule has 1 N–H and O–H groups in total. The molecule has 0 aliphatic heterocycles. The standard InChI is InChI=1S/C25H28ClNO4/c1-28-22-9-7-18(14-24(22)29-2)11-12-27-16-19-8-10-23(25(15-19)30-3)31-17-20-5-4-6-21(26)13-20/h4-10,13-15,27H,11-12,16-17H2,1-3H3. The van der Waals surface area contributed by atoms with Crippen LogP contribution < -0.4 is 24.3 Å². The molecule has 31 heavy (non-hydrogen) atoms. The van der Waals surface area contributed by atoms with Gasteiger partial charge in [-0.3, -0.25) is 0 Å². The van der Waals surface area contributed by atoms with Crippen molar-refractivity contribution in [2.24, 2.45) is 0 Å². The maximum Gasteiger partial charge on any atom is 0.161 e. The van der Waals surface area contributed by atoms with Crippen LogP contribution in [0.25, 0.3) is 0 Å². The van der Waals surface area contributed by atoms with Crippen molar-refractivity contribution >= 4 is 11.6 Å². The Labute approximate surface area is 188 Å². The van der Waals surface area contributed by atoms with Crippen LogP contribution in [0.5, 0.6) is 23.0 Å². The predicted octanol–water partition coefficient (Wildman–Crippen LogP) is 5.28. The van der Waals surface area contributed by atoms with Crippen molar-refractivity contribution in [3.63, 3.8) is 0 Å².